The molecular weight excluding hydrogens is 265 g/mol. The minimum absolute atomic E-state index is 0.534. The Morgan fingerprint density at radius 2 is 1.74 bits per heavy atom. The quantitative estimate of drug-likeness (QED) is 0.614. The number of furan rings is 1. The number of ether oxygens (including phenoxy) is 1. The molecule has 0 aliphatic carbocycles. The zero-order chi connectivity index (χ0) is 15.0. The molecule has 1 aromatic heterocycles. The summed E-state index contributed by atoms with van der Waals surface area (Å²) in [5.74, 6) is -3.95. The number of hydrogen-bond acceptors (Lipinski definition) is 4. The van der Waals surface area contributed by atoms with Gasteiger partial charge >= 0.3 is 12.1 Å². The second kappa shape index (κ2) is 4.71. The van der Waals surface area contributed by atoms with Crippen LogP contribution < -0.4 is 0 Å². The molecule has 1 rings (SSSR count). The molecule has 0 amide bonds. The lowest BCUT2D eigenvalue weighted by Gasteiger charge is -2.19. The first-order valence-corrected chi connectivity index (χ1v) is 5.37. The highest BCUT2D eigenvalue weighted by Crippen LogP contribution is 2.35. The van der Waals surface area contributed by atoms with E-state index in [1.54, 1.807) is 0 Å². The van der Waals surface area contributed by atoms with E-state index in [4.69, 9.17) is 4.74 Å². The smallest absolute Gasteiger partial charge is 0.450 e. The summed E-state index contributed by atoms with van der Waals surface area (Å²) in [4.78, 5) is 22.7. The second-order valence-electron chi connectivity index (χ2n) is 4.91. The Hall–Kier alpha value is -1.79. The molecule has 0 radical (unpaired) electrons. The maximum Gasteiger partial charge on any atom is 0.450 e. The summed E-state index contributed by atoms with van der Waals surface area (Å²) in [6.07, 6.45) is -4.88. The van der Waals surface area contributed by atoms with Gasteiger partial charge in [-0.3, -0.25) is 4.79 Å². The van der Waals surface area contributed by atoms with Crippen LogP contribution in [0.4, 0.5) is 13.2 Å². The normalized spacial score (nSPS) is 12.4. The first kappa shape index (κ1) is 15.3. The monoisotopic (exact) mass is 278 g/mol. The van der Waals surface area contributed by atoms with Gasteiger partial charge in [-0.05, 0) is 20.8 Å². The molecular formula is C12H13F3O4. The van der Waals surface area contributed by atoms with Crippen LogP contribution in [0, 0.1) is 0 Å². The highest BCUT2D eigenvalue weighted by Gasteiger charge is 2.41. The Morgan fingerprint density at radius 3 is 2.11 bits per heavy atom. The third-order valence-electron chi connectivity index (χ3n) is 1.96. The molecule has 0 N–H and O–H groups in total. The van der Waals surface area contributed by atoms with Gasteiger partial charge in [-0.25, -0.2) is 4.79 Å². The molecule has 0 spiro atoms. The fourth-order valence-corrected chi connectivity index (χ4v) is 1.26. The Kier molecular flexibility index (Phi) is 3.79. The molecule has 0 saturated carbocycles. The van der Waals surface area contributed by atoms with Crippen LogP contribution in [0.1, 0.15) is 54.4 Å². The predicted octanol–water partition coefficient (Wildman–Crippen LogP) is 3.46. The molecule has 0 aromatic carbocycles. The van der Waals surface area contributed by atoms with Crippen molar-refractivity contribution < 1.29 is 31.9 Å². The van der Waals surface area contributed by atoms with E-state index >= 15 is 0 Å². The third-order valence-corrected chi connectivity index (χ3v) is 1.96. The Morgan fingerprint density at radius 1 is 1.21 bits per heavy atom. The molecule has 0 unspecified atom stereocenters. The van der Waals surface area contributed by atoms with Crippen molar-refractivity contribution in [1.29, 1.82) is 0 Å². The fraction of sp³-hybridized carbons (Fsp3) is 0.500. The molecule has 0 aliphatic rings. The summed E-state index contributed by atoms with van der Waals surface area (Å²) < 4.78 is 47.4. The minimum atomic E-state index is -4.88. The van der Waals surface area contributed by atoms with Crippen LogP contribution in [0.5, 0.6) is 0 Å². The van der Waals surface area contributed by atoms with Crippen molar-refractivity contribution in [3.8, 4) is 0 Å². The van der Waals surface area contributed by atoms with Crippen molar-refractivity contribution in [1.82, 2.24) is 0 Å². The number of carbonyl (C=O) groups is 2. The highest BCUT2D eigenvalue weighted by molar-refractivity contribution is 5.97. The Bertz CT molecular complexity index is 506. The zero-order valence-corrected chi connectivity index (χ0v) is 10.8. The molecule has 19 heavy (non-hydrogen) atoms. The number of carbonyl (C=O) groups excluding carboxylic acids is 2. The van der Waals surface area contributed by atoms with Gasteiger partial charge in [0, 0.05) is 13.0 Å². The third kappa shape index (κ3) is 3.84. The van der Waals surface area contributed by atoms with Crippen LogP contribution >= 0.6 is 0 Å². The number of esters is 1. The lowest BCUT2D eigenvalue weighted by molar-refractivity contribution is -0.153. The van der Waals surface area contributed by atoms with Crippen molar-refractivity contribution in [2.45, 2.75) is 39.5 Å². The van der Waals surface area contributed by atoms with E-state index in [1.807, 2.05) is 0 Å². The molecule has 0 saturated heterocycles. The molecule has 1 heterocycles. The molecule has 0 bridgehead atoms. The molecule has 1 aromatic rings. The van der Waals surface area contributed by atoms with Gasteiger partial charge in [-0.1, -0.05) is 0 Å². The van der Waals surface area contributed by atoms with Crippen molar-refractivity contribution in [3.63, 3.8) is 0 Å². The maximum absolute atomic E-state index is 12.7. The Labute approximate surface area is 107 Å². The predicted molar refractivity (Wildman–Crippen MR) is 58.9 cm³/mol. The molecule has 7 heteroatoms. The lowest BCUT2D eigenvalue weighted by Crippen LogP contribution is -2.25. The van der Waals surface area contributed by atoms with Gasteiger partial charge in [0.05, 0.1) is 0 Å². The number of halogens is 3. The number of ketones is 1. The summed E-state index contributed by atoms with van der Waals surface area (Å²) in [5.41, 5.74) is -1.75. The van der Waals surface area contributed by atoms with Gasteiger partial charge in [-0.2, -0.15) is 13.2 Å². The molecule has 0 fully saturated rings. The van der Waals surface area contributed by atoms with Crippen LogP contribution in [0.25, 0.3) is 0 Å². The average Bonchev–Trinajstić information content (AvgIpc) is 2.57. The van der Waals surface area contributed by atoms with Crippen LogP contribution in [0.15, 0.2) is 10.5 Å². The van der Waals surface area contributed by atoms with E-state index in [0.29, 0.717) is 0 Å². The lowest BCUT2D eigenvalue weighted by atomic mass is 10.1. The summed E-state index contributed by atoms with van der Waals surface area (Å²) in [6, 6.07) is 0.749. The van der Waals surface area contributed by atoms with Crippen LogP contribution in [-0.2, 0) is 10.9 Å². The van der Waals surface area contributed by atoms with Gasteiger partial charge in [0.1, 0.15) is 11.2 Å². The summed E-state index contributed by atoms with van der Waals surface area (Å²) in [6.45, 7) is 5.59. The number of rotatable bonds is 2. The van der Waals surface area contributed by atoms with E-state index in [0.717, 1.165) is 13.0 Å². The standard InChI is InChI=1S/C12H13F3O4/c1-6(16)8-5-7(9(18-8)12(13,14)15)10(17)19-11(2,3)4/h5H,1-4H3. The van der Waals surface area contributed by atoms with Crippen LogP contribution in [0.2, 0.25) is 0 Å². The van der Waals surface area contributed by atoms with Gasteiger partial charge in [0.2, 0.25) is 5.76 Å². The van der Waals surface area contributed by atoms with Gasteiger partial charge in [0.15, 0.2) is 11.5 Å². The number of hydrogen-bond donors (Lipinski definition) is 0. The zero-order valence-electron chi connectivity index (χ0n) is 10.8. The highest BCUT2D eigenvalue weighted by atomic mass is 19.4. The summed E-state index contributed by atoms with van der Waals surface area (Å²) in [7, 11) is 0. The van der Waals surface area contributed by atoms with Crippen molar-refractivity contribution >= 4 is 11.8 Å². The van der Waals surface area contributed by atoms with E-state index in [9.17, 15) is 22.8 Å². The van der Waals surface area contributed by atoms with Gasteiger partial charge in [-0.15, -0.1) is 0 Å². The Balaban J connectivity index is 3.26. The van der Waals surface area contributed by atoms with Crippen molar-refractivity contribution in [2.75, 3.05) is 0 Å². The van der Waals surface area contributed by atoms with Crippen molar-refractivity contribution in [2.24, 2.45) is 0 Å². The molecule has 4 nitrogen and oxygen atoms in total. The van der Waals surface area contributed by atoms with E-state index < -0.39 is 40.6 Å². The topological polar surface area (TPSA) is 56.5 Å². The van der Waals surface area contributed by atoms with Crippen LogP contribution in [0.3, 0.4) is 0 Å². The summed E-state index contributed by atoms with van der Waals surface area (Å²) >= 11 is 0. The second-order valence-corrected chi connectivity index (χ2v) is 4.91. The fourth-order valence-electron chi connectivity index (χ4n) is 1.26. The average molecular weight is 278 g/mol. The maximum atomic E-state index is 12.7. The van der Waals surface area contributed by atoms with Crippen molar-refractivity contribution in [3.05, 3.63) is 23.2 Å². The van der Waals surface area contributed by atoms with E-state index in [2.05, 4.69) is 4.42 Å². The molecule has 106 valence electrons. The van der Waals surface area contributed by atoms with Gasteiger partial charge in [0.25, 0.3) is 0 Å². The van der Waals surface area contributed by atoms with E-state index in [-0.39, 0.29) is 0 Å². The number of alkyl halides is 3. The molecule has 0 atom stereocenters. The SMILES string of the molecule is CC(=O)c1cc(C(=O)OC(C)(C)C)c(C(F)(F)F)o1. The first-order chi connectivity index (χ1) is 8.42. The minimum Gasteiger partial charge on any atom is -0.456 e. The first-order valence-electron chi connectivity index (χ1n) is 5.37. The summed E-state index contributed by atoms with van der Waals surface area (Å²) in [5, 5.41) is 0. The molecule has 0 aliphatic heterocycles. The van der Waals surface area contributed by atoms with Gasteiger partial charge < -0.3 is 9.15 Å². The van der Waals surface area contributed by atoms with E-state index in [1.165, 1.54) is 20.8 Å². The van der Waals surface area contributed by atoms with Crippen LogP contribution in [-0.4, -0.2) is 17.4 Å². The number of Topliss-reactive ketones (excluding diaryl/α,β-unsaturated/α-hetero) is 1. The largest absolute Gasteiger partial charge is 0.456 e.